The molecule has 3 aromatic heterocycles. The number of aliphatic hydroxyl groups is 5. The number of fused-ring (bicyclic) bond motifs is 1. The zero-order valence-corrected chi connectivity index (χ0v) is 27.7. The number of amides is 1. The average Bonchev–Trinajstić information content (AvgIpc) is 3.71. The maximum Gasteiger partial charge on any atom is 0.481 e. The Balaban J connectivity index is 1.17. The molecule has 0 spiro atoms. The number of nitrogens with two attached hydrogens (primary N) is 2. The molecule has 0 radical (unpaired) electrons. The molecule has 0 bridgehead atoms. The summed E-state index contributed by atoms with van der Waals surface area (Å²) >= 11 is 0. The number of hydrogen-bond acceptors (Lipinski definition) is 19. The third kappa shape index (κ3) is 8.73. The number of carboxylic acid groups (broad SMARTS) is 1. The number of carbonyl (C=O) groups is 2. The van der Waals surface area contributed by atoms with Gasteiger partial charge in [0.1, 0.15) is 47.9 Å². The van der Waals surface area contributed by atoms with Crippen LogP contribution in [0.1, 0.15) is 34.8 Å². The summed E-state index contributed by atoms with van der Waals surface area (Å²) in [5.74, 6) is -2.62. The molecular weight excluding hydrogens is 732 g/mol. The minimum absolute atomic E-state index is 0.0281. The van der Waals surface area contributed by atoms with E-state index in [1.165, 1.54) is 23.2 Å². The van der Waals surface area contributed by atoms with E-state index in [2.05, 4.69) is 19.3 Å². The van der Waals surface area contributed by atoms with E-state index in [1.807, 2.05) is 0 Å². The highest BCUT2D eigenvalue weighted by Crippen LogP contribution is 2.60. The number of aromatic nitrogens is 5. The number of aryl methyl sites for hydroxylation is 1. The van der Waals surface area contributed by atoms with Crippen LogP contribution in [-0.4, -0.2) is 123 Å². The Morgan fingerprint density at radius 2 is 1.61 bits per heavy atom. The number of primary amides is 1. The predicted octanol–water partition coefficient (Wildman–Crippen LogP) is -4.97. The number of carbonyl (C=O) groups excluding carboxylic acids is 2. The molecule has 2 unspecified atom stereocenters. The van der Waals surface area contributed by atoms with Crippen LogP contribution in [0.4, 0.5) is 5.82 Å². The molecule has 5 heterocycles. The van der Waals surface area contributed by atoms with Crippen molar-refractivity contribution in [2.24, 2.45) is 5.73 Å². The van der Waals surface area contributed by atoms with Gasteiger partial charge < -0.3 is 66.2 Å². The Bertz CT molecular complexity index is 1870. The number of nitrogen functional groups attached to an aromatic ring is 1. The van der Waals surface area contributed by atoms with E-state index in [0.29, 0.717) is 0 Å². The smallest absolute Gasteiger partial charge is 0.481 e. The number of imidazole rings is 1. The highest BCUT2D eigenvalue weighted by Gasteiger charge is 2.50. The van der Waals surface area contributed by atoms with Crippen LogP contribution in [0.2, 0.25) is 0 Å². The summed E-state index contributed by atoms with van der Waals surface area (Å²) in [6.07, 6.45) is -10.2. The molecule has 11 atom stereocenters. The Morgan fingerprint density at radius 1 is 0.980 bits per heavy atom. The molecule has 24 nitrogen and oxygen atoms in total. The number of anilines is 1. The number of carboxylic acids is 1. The predicted molar refractivity (Wildman–Crippen MR) is 159 cm³/mol. The van der Waals surface area contributed by atoms with Gasteiger partial charge >= 0.3 is 15.6 Å². The Hall–Kier alpha value is -3.58. The zero-order chi connectivity index (χ0) is 37.4. The Morgan fingerprint density at radius 3 is 2.24 bits per heavy atom. The number of phosphoric acid groups is 2. The minimum Gasteiger partial charge on any atom is -0.547 e. The van der Waals surface area contributed by atoms with E-state index >= 15 is 0 Å². The molecule has 2 saturated heterocycles. The molecule has 280 valence electrons. The van der Waals surface area contributed by atoms with Crippen LogP contribution in [0.15, 0.2) is 31.1 Å². The van der Waals surface area contributed by atoms with Gasteiger partial charge in [-0.1, -0.05) is 0 Å². The van der Waals surface area contributed by atoms with Crippen molar-refractivity contribution in [1.29, 1.82) is 0 Å². The third-order valence-electron chi connectivity index (χ3n) is 7.85. The largest absolute Gasteiger partial charge is 0.547 e. The summed E-state index contributed by atoms with van der Waals surface area (Å²) < 4.78 is 52.2. The van der Waals surface area contributed by atoms with Gasteiger partial charge in [-0.2, -0.15) is 8.88 Å². The third-order valence-corrected chi connectivity index (χ3v) is 10.4. The molecule has 0 aromatic carbocycles. The van der Waals surface area contributed by atoms with E-state index in [-0.39, 0.29) is 41.0 Å². The summed E-state index contributed by atoms with van der Waals surface area (Å²) in [6, 6.07) is 1.29. The van der Waals surface area contributed by atoms with Crippen molar-refractivity contribution in [3.8, 4) is 0 Å². The number of phosphoric ester groups is 2. The summed E-state index contributed by atoms with van der Waals surface area (Å²) in [6.45, 7) is -1.95. The zero-order valence-electron chi connectivity index (χ0n) is 25.9. The molecule has 0 saturated carbocycles. The number of nitrogens with zero attached hydrogens (tertiary/aromatic N) is 5. The van der Waals surface area contributed by atoms with Gasteiger partial charge in [-0.25, -0.2) is 24.1 Å². The fourth-order valence-corrected chi connectivity index (χ4v) is 7.37. The van der Waals surface area contributed by atoms with Gasteiger partial charge in [0, 0.05) is 5.56 Å². The fourth-order valence-electron chi connectivity index (χ4n) is 5.28. The fraction of sp³-hybridized carbons (Fsp3) is 0.520. The summed E-state index contributed by atoms with van der Waals surface area (Å²) in [5, 5.41) is 62.5. The number of rotatable bonds is 15. The number of aliphatic hydroxyl groups excluding tert-OH is 5. The van der Waals surface area contributed by atoms with Gasteiger partial charge in [-0.15, -0.1) is 0 Å². The lowest BCUT2D eigenvalue weighted by molar-refractivity contribution is -0.766. The van der Waals surface area contributed by atoms with Crippen LogP contribution in [-0.2, 0) is 43.2 Å². The Labute approximate surface area is 285 Å². The van der Waals surface area contributed by atoms with Crippen LogP contribution < -0.4 is 21.1 Å². The first-order valence-electron chi connectivity index (χ1n) is 14.7. The van der Waals surface area contributed by atoms with Gasteiger partial charge in [0.05, 0.1) is 31.6 Å². The first-order chi connectivity index (χ1) is 23.9. The topological polar surface area (TPSA) is 379 Å². The van der Waals surface area contributed by atoms with Crippen LogP contribution in [0.3, 0.4) is 0 Å². The Kier molecular flexibility index (Phi) is 11.5. The molecule has 2 aliphatic heterocycles. The monoisotopic (exact) mass is 765 g/mol. The number of pyridine rings is 1. The second-order valence-corrected chi connectivity index (χ2v) is 14.4. The maximum atomic E-state index is 12.6. The molecule has 2 fully saturated rings. The van der Waals surface area contributed by atoms with Crippen molar-refractivity contribution in [3.05, 3.63) is 42.2 Å². The first kappa shape index (κ1) is 38.6. The molecule has 5 rings (SSSR count). The lowest BCUT2D eigenvalue weighted by Crippen LogP contribution is -2.47. The molecule has 2 aliphatic rings. The molecular formula is C25H33N7O17P2. The summed E-state index contributed by atoms with van der Waals surface area (Å²) in [7, 11) is -10.9. The quantitative estimate of drug-likeness (QED) is 0.0516. The molecule has 0 aliphatic carbocycles. The van der Waals surface area contributed by atoms with E-state index < -0.39 is 95.9 Å². The van der Waals surface area contributed by atoms with Crippen LogP contribution in [0.5, 0.6) is 0 Å². The summed E-state index contributed by atoms with van der Waals surface area (Å²) in [5.41, 5.74) is 11.6. The van der Waals surface area contributed by atoms with Crippen molar-refractivity contribution in [1.82, 2.24) is 19.5 Å². The van der Waals surface area contributed by atoms with Crippen molar-refractivity contribution in [3.63, 3.8) is 0 Å². The molecule has 1 amide bonds. The maximum absolute atomic E-state index is 12.6. The molecule has 3 aromatic rings. The van der Waals surface area contributed by atoms with Crippen LogP contribution in [0.25, 0.3) is 11.2 Å². The number of aliphatic carboxylic acids is 1. The normalized spacial score (nSPS) is 29.5. The number of ether oxygens (including phenoxy) is 2. The molecule has 51 heavy (non-hydrogen) atoms. The lowest BCUT2D eigenvalue weighted by atomic mass is 10.1. The van der Waals surface area contributed by atoms with Crippen molar-refractivity contribution in [2.45, 2.75) is 68.0 Å². The van der Waals surface area contributed by atoms with E-state index in [4.69, 9.17) is 30.0 Å². The van der Waals surface area contributed by atoms with Gasteiger partial charge in [0.15, 0.2) is 36.2 Å². The van der Waals surface area contributed by atoms with Gasteiger partial charge in [0.25, 0.3) is 12.1 Å². The summed E-state index contributed by atoms with van der Waals surface area (Å²) in [4.78, 5) is 54.8. The van der Waals surface area contributed by atoms with Crippen LogP contribution >= 0.6 is 15.6 Å². The van der Waals surface area contributed by atoms with Crippen molar-refractivity contribution < 1.29 is 86.5 Å². The molecule has 26 heteroatoms. The minimum atomic E-state index is -5.48. The van der Waals surface area contributed by atoms with E-state index in [9.17, 15) is 59.1 Å². The lowest BCUT2D eigenvalue weighted by Gasteiger charge is -2.20. The van der Waals surface area contributed by atoms with E-state index in [0.717, 1.165) is 17.1 Å². The van der Waals surface area contributed by atoms with Gasteiger partial charge in [-0.3, -0.25) is 18.4 Å². The van der Waals surface area contributed by atoms with Gasteiger partial charge in [-0.05, 0) is 18.9 Å². The standard InChI is InChI=1S/C25H33N7O17P2/c26-20-15-22(29-8-28-20)32(9-30-15)24-19(37)17(35)14(48-24)7-46-51(43,44)49-50(41,42)45-6-13-16(34)18(36)23(47-13)31-4-10(1-2-12(33)25(39)40)3-11(5-31)21(27)38/h3-5,8-9,12-14,16-19,23-24,33-37H,1-2,6-7H2,(H6-,26,27,28,29,38,39,40,41,42,43,44)/t12-,13+,14+,16+,17+,18+,19+,23+,24+/m0/s1. The number of hydrogen-bond donors (Lipinski definition) is 9. The van der Waals surface area contributed by atoms with Crippen molar-refractivity contribution in [2.75, 3.05) is 18.9 Å². The second kappa shape index (κ2) is 15.2. The SMILES string of the molecule is NC(=O)c1cc(CC[C@H](O)C(=O)[O-])c[n+]([C@@H]2O[C@H](COP(=O)(O)OP(=O)(O)OC[C@H]3O[C@@H](n4cnc5c(N)ncnc54)[C@H](O)[C@@H]3O)[C@@H](O)[C@H]2O)c1. The van der Waals surface area contributed by atoms with E-state index in [1.54, 1.807) is 0 Å². The van der Waals surface area contributed by atoms with Crippen molar-refractivity contribution >= 4 is 44.5 Å². The highest BCUT2D eigenvalue weighted by atomic mass is 31.3. The second-order valence-electron chi connectivity index (χ2n) is 11.4. The highest BCUT2D eigenvalue weighted by molar-refractivity contribution is 7.61. The first-order valence-corrected chi connectivity index (χ1v) is 17.7. The van der Waals surface area contributed by atoms with Crippen LogP contribution in [0, 0.1) is 0 Å². The van der Waals surface area contributed by atoms with Gasteiger partial charge in [0.2, 0.25) is 0 Å². The molecule has 11 N–H and O–H groups in total. The average molecular weight is 766 g/mol.